The van der Waals surface area contributed by atoms with Gasteiger partial charge in [0.05, 0.1) is 37.1 Å². The number of Topliss-reactive ketones (excluding diaryl/α,β-unsaturated/α-hetero) is 1. The lowest BCUT2D eigenvalue weighted by Crippen LogP contribution is -2.45. The number of sulfonamides is 1. The largest absolute Gasteiger partial charge is 0.462 e. The van der Waals surface area contributed by atoms with E-state index in [-0.39, 0.29) is 48.9 Å². The molecule has 0 spiro atoms. The van der Waals surface area contributed by atoms with E-state index in [1.807, 2.05) is 30.3 Å². The van der Waals surface area contributed by atoms with Gasteiger partial charge in [-0.1, -0.05) is 30.3 Å². The summed E-state index contributed by atoms with van der Waals surface area (Å²) in [6.45, 7) is 1.91. The number of hydrogen-bond donors (Lipinski definition) is 3. The van der Waals surface area contributed by atoms with E-state index < -0.39 is 22.0 Å². The minimum absolute atomic E-state index is 0.0447. The molecular weight excluding hydrogens is 514 g/mol. The van der Waals surface area contributed by atoms with Crippen molar-refractivity contribution in [2.75, 3.05) is 37.3 Å². The van der Waals surface area contributed by atoms with Gasteiger partial charge in [-0.15, -0.1) is 0 Å². The van der Waals surface area contributed by atoms with E-state index in [0.29, 0.717) is 30.5 Å². The Morgan fingerprint density at radius 2 is 1.76 bits per heavy atom. The molecule has 1 aliphatic heterocycles. The Kier molecular flexibility index (Phi) is 10.7. The van der Waals surface area contributed by atoms with E-state index >= 15 is 0 Å². The zero-order valence-corrected chi connectivity index (χ0v) is 22.5. The number of nitrogens with zero attached hydrogens (tertiary/aromatic N) is 1. The molecule has 1 fully saturated rings. The number of benzene rings is 2. The topological polar surface area (TPSA) is 122 Å². The van der Waals surface area contributed by atoms with Gasteiger partial charge < -0.3 is 15.4 Å². The predicted octanol–water partition coefficient (Wildman–Crippen LogP) is 2.30. The molecule has 0 aromatic heterocycles. The molecule has 2 unspecified atom stereocenters. The smallest absolute Gasteiger partial charge is 0.338 e. The number of esters is 1. The highest BCUT2D eigenvalue weighted by atomic mass is 32.2. The Labute approximate surface area is 223 Å². The molecule has 0 aliphatic carbocycles. The number of rotatable bonds is 13. The van der Waals surface area contributed by atoms with E-state index in [2.05, 4.69) is 23.3 Å². The molecule has 11 heteroatoms. The molecule has 200 valence electrons. The minimum atomic E-state index is -3.63. The van der Waals surface area contributed by atoms with Crippen molar-refractivity contribution in [1.29, 1.82) is 0 Å². The molecule has 2 aromatic rings. The molecule has 0 saturated carbocycles. The molecule has 1 aliphatic rings. The van der Waals surface area contributed by atoms with Gasteiger partial charge in [-0.2, -0.15) is 16.9 Å². The SMILES string of the molecule is CCOC(=O)c1ccc(NC(=O)CNCC(=O)C2CC(S)CN2S(=O)(=O)CCCc2ccccc2)cc1. The molecule has 3 rings (SSSR count). The maximum Gasteiger partial charge on any atom is 0.338 e. The number of carbonyl (C=O) groups is 3. The van der Waals surface area contributed by atoms with Crippen LogP contribution in [0.3, 0.4) is 0 Å². The first-order chi connectivity index (χ1) is 17.7. The Morgan fingerprint density at radius 1 is 1.05 bits per heavy atom. The van der Waals surface area contributed by atoms with Gasteiger partial charge in [0.2, 0.25) is 15.9 Å². The first-order valence-corrected chi connectivity index (χ1v) is 14.3. The summed E-state index contributed by atoms with van der Waals surface area (Å²) in [6.07, 6.45) is 1.43. The Bertz CT molecular complexity index is 1170. The van der Waals surface area contributed by atoms with E-state index in [1.165, 1.54) is 4.31 Å². The zero-order chi connectivity index (χ0) is 26.8. The van der Waals surface area contributed by atoms with Gasteiger partial charge in [-0.3, -0.25) is 9.59 Å². The van der Waals surface area contributed by atoms with Crippen LogP contribution in [-0.2, 0) is 30.8 Å². The van der Waals surface area contributed by atoms with Crippen molar-refractivity contribution in [3.05, 3.63) is 65.7 Å². The summed E-state index contributed by atoms with van der Waals surface area (Å²) in [7, 11) is -3.63. The van der Waals surface area contributed by atoms with Crippen molar-refractivity contribution in [1.82, 2.24) is 9.62 Å². The van der Waals surface area contributed by atoms with Crippen molar-refractivity contribution in [2.24, 2.45) is 0 Å². The highest BCUT2D eigenvalue weighted by molar-refractivity contribution is 7.89. The van der Waals surface area contributed by atoms with Crippen LogP contribution in [0.2, 0.25) is 0 Å². The average molecular weight is 548 g/mol. The van der Waals surface area contributed by atoms with Crippen LogP contribution >= 0.6 is 12.6 Å². The van der Waals surface area contributed by atoms with Gasteiger partial charge >= 0.3 is 5.97 Å². The van der Waals surface area contributed by atoms with Crippen molar-refractivity contribution in [3.63, 3.8) is 0 Å². The highest BCUT2D eigenvalue weighted by Gasteiger charge is 2.41. The van der Waals surface area contributed by atoms with Gasteiger partial charge in [-0.05, 0) is 56.0 Å². The molecule has 1 amide bonds. The third-order valence-electron chi connectivity index (χ3n) is 5.94. The average Bonchev–Trinajstić information content (AvgIpc) is 3.28. The first kappa shape index (κ1) is 28.8. The fourth-order valence-electron chi connectivity index (χ4n) is 4.13. The molecule has 0 radical (unpaired) electrons. The molecule has 1 saturated heterocycles. The Hall–Kier alpha value is -2.73. The van der Waals surface area contributed by atoms with Crippen molar-refractivity contribution >= 4 is 46.0 Å². The summed E-state index contributed by atoms with van der Waals surface area (Å²) in [6, 6.07) is 15.1. The summed E-state index contributed by atoms with van der Waals surface area (Å²) >= 11 is 4.42. The molecule has 0 bridgehead atoms. The minimum Gasteiger partial charge on any atom is -0.462 e. The number of hydrogen-bond acceptors (Lipinski definition) is 8. The first-order valence-electron chi connectivity index (χ1n) is 12.2. The van der Waals surface area contributed by atoms with Gasteiger partial charge in [0.25, 0.3) is 0 Å². The number of aryl methyl sites for hydroxylation is 1. The monoisotopic (exact) mass is 547 g/mol. The molecule has 1 heterocycles. The fraction of sp³-hybridized carbons (Fsp3) is 0.423. The maximum absolute atomic E-state index is 13.0. The molecular formula is C26H33N3O6S2. The number of nitrogens with one attached hydrogen (secondary N) is 2. The van der Waals surface area contributed by atoms with Crippen LogP contribution in [0.15, 0.2) is 54.6 Å². The normalized spacial score (nSPS) is 17.9. The molecule has 9 nitrogen and oxygen atoms in total. The van der Waals surface area contributed by atoms with Gasteiger partial charge in [0, 0.05) is 17.5 Å². The third-order valence-corrected chi connectivity index (χ3v) is 8.23. The van der Waals surface area contributed by atoms with E-state index in [4.69, 9.17) is 4.74 Å². The number of thiol groups is 1. The summed E-state index contributed by atoms with van der Waals surface area (Å²) < 4.78 is 32.2. The van der Waals surface area contributed by atoms with E-state index in [1.54, 1.807) is 31.2 Å². The third kappa shape index (κ3) is 8.67. The molecule has 2 atom stereocenters. The lowest BCUT2D eigenvalue weighted by atomic mass is 10.1. The molecule has 37 heavy (non-hydrogen) atoms. The van der Waals surface area contributed by atoms with E-state index in [0.717, 1.165) is 5.56 Å². The van der Waals surface area contributed by atoms with Crippen LogP contribution in [0, 0.1) is 0 Å². The van der Waals surface area contributed by atoms with Crippen LogP contribution in [0.4, 0.5) is 5.69 Å². The lowest BCUT2D eigenvalue weighted by Gasteiger charge is -2.23. The quantitative estimate of drug-likeness (QED) is 0.260. The number of ether oxygens (including phenoxy) is 1. The highest BCUT2D eigenvalue weighted by Crippen LogP contribution is 2.26. The fourth-order valence-corrected chi connectivity index (χ4v) is 6.36. The van der Waals surface area contributed by atoms with Gasteiger partial charge in [0.1, 0.15) is 0 Å². The number of ketones is 1. The van der Waals surface area contributed by atoms with Gasteiger partial charge in [-0.25, -0.2) is 13.2 Å². The number of anilines is 1. The zero-order valence-electron chi connectivity index (χ0n) is 20.8. The van der Waals surface area contributed by atoms with Crippen LogP contribution in [0.25, 0.3) is 0 Å². The van der Waals surface area contributed by atoms with Crippen LogP contribution in [0.1, 0.15) is 35.7 Å². The van der Waals surface area contributed by atoms with Crippen molar-refractivity contribution < 1.29 is 27.5 Å². The molecule has 2 aromatic carbocycles. The van der Waals surface area contributed by atoms with Crippen LogP contribution in [0.5, 0.6) is 0 Å². The van der Waals surface area contributed by atoms with Crippen molar-refractivity contribution in [3.8, 4) is 0 Å². The maximum atomic E-state index is 13.0. The van der Waals surface area contributed by atoms with Crippen LogP contribution in [-0.4, -0.2) is 73.7 Å². The number of amides is 1. The Balaban J connectivity index is 1.46. The van der Waals surface area contributed by atoms with Gasteiger partial charge in [0.15, 0.2) is 5.78 Å². The second kappa shape index (κ2) is 13.7. The predicted molar refractivity (Wildman–Crippen MR) is 145 cm³/mol. The molecule has 2 N–H and O–H groups in total. The van der Waals surface area contributed by atoms with Crippen LogP contribution < -0.4 is 10.6 Å². The summed E-state index contributed by atoms with van der Waals surface area (Å²) in [4.78, 5) is 36.8. The standard InChI is InChI=1S/C26H33N3O6S2/c1-2-35-26(32)20-10-12-21(13-11-20)28-25(31)17-27-16-24(30)23-15-22(36)18-29(23)37(33,34)14-6-9-19-7-4-3-5-8-19/h3-5,7-8,10-13,22-23,27,36H,2,6,9,14-18H2,1H3,(H,28,31). The Morgan fingerprint density at radius 3 is 2.43 bits per heavy atom. The number of carbonyl (C=O) groups excluding carboxylic acids is 3. The summed E-state index contributed by atoms with van der Waals surface area (Å²) in [5.74, 6) is -1.16. The lowest BCUT2D eigenvalue weighted by molar-refractivity contribution is -0.121. The van der Waals surface area contributed by atoms with E-state index in [9.17, 15) is 22.8 Å². The second-order valence-electron chi connectivity index (χ2n) is 8.80. The summed E-state index contributed by atoms with van der Waals surface area (Å²) in [5, 5.41) is 5.25. The van der Waals surface area contributed by atoms with Crippen molar-refractivity contribution in [2.45, 2.75) is 37.5 Å². The summed E-state index contributed by atoms with van der Waals surface area (Å²) in [5.41, 5.74) is 1.94. The second-order valence-corrected chi connectivity index (χ2v) is 11.6.